The first-order chi connectivity index (χ1) is 9.02. The SMILES string of the molecule is C=CC(=O)OC12CCCC1OC(O)(C(F)(F)F)C2(F)F. The van der Waals surface area contributed by atoms with E-state index in [1.807, 2.05) is 0 Å². The van der Waals surface area contributed by atoms with E-state index in [0.717, 1.165) is 0 Å². The Morgan fingerprint density at radius 1 is 1.45 bits per heavy atom. The monoisotopic (exact) mass is 302 g/mol. The van der Waals surface area contributed by atoms with Gasteiger partial charge in [0.25, 0.3) is 0 Å². The molecule has 0 aromatic heterocycles. The predicted molar refractivity (Wildman–Crippen MR) is 53.7 cm³/mol. The lowest BCUT2D eigenvalue weighted by molar-refractivity contribution is -0.413. The summed E-state index contributed by atoms with van der Waals surface area (Å²) in [5.41, 5.74) is -2.83. The van der Waals surface area contributed by atoms with Crippen LogP contribution in [0.2, 0.25) is 0 Å². The molecule has 2 fully saturated rings. The minimum Gasteiger partial charge on any atom is -0.446 e. The summed E-state index contributed by atoms with van der Waals surface area (Å²) < 4.78 is 75.2. The van der Waals surface area contributed by atoms with Crippen LogP contribution in [0.15, 0.2) is 12.7 Å². The molecule has 1 heterocycles. The van der Waals surface area contributed by atoms with Crippen LogP contribution in [0.1, 0.15) is 19.3 Å². The Balaban J connectivity index is 2.50. The zero-order valence-corrected chi connectivity index (χ0v) is 10.0. The van der Waals surface area contributed by atoms with Crippen molar-refractivity contribution in [1.82, 2.24) is 0 Å². The van der Waals surface area contributed by atoms with Gasteiger partial charge in [0.2, 0.25) is 5.60 Å². The van der Waals surface area contributed by atoms with E-state index in [0.29, 0.717) is 6.08 Å². The fourth-order valence-electron chi connectivity index (χ4n) is 2.67. The van der Waals surface area contributed by atoms with Gasteiger partial charge < -0.3 is 14.6 Å². The Morgan fingerprint density at radius 3 is 2.55 bits per heavy atom. The van der Waals surface area contributed by atoms with E-state index in [1.165, 1.54) is 0 Å². The molecular weight excluding hydrogens is 291 g/mol. The number of aliphatic hydroxyl groups is 1. The van der Waals surface area contributed by atoms with Crippen molar-refractivity contribution in [1.29, 1.82) is 0 Å². The molecule has 0 radical (unpaired) electrons. The van der Waals surface area contributed by atoms with E-state index < -0.39 is 42.0 Å². The highest BCUT2D eigenvalue weighted by atomic mass is 19.4. The molecular formula is C11H11F5O4. The number of hydrogen-bond donors (Lipinski definition) is 1. The van der Waals surface area contributed by atoms with Gasteiger partial charge in [0.05, 0.1) is 0 Å². The van der Waals surface area contributed by atoms with Gasteiger partial charge in [-0.2, -0.15) is 22.0 Å². The second-order valence-corrected chi connectivity index (χ2v) is 4.73. The van der Waals surface area contributed by atoms with Gasteiger partial charge >= 0.3 is 23.9 Å². The third-order valence-corrected chi connectivity index (χ3v) is 3.64. The van der Waals surface area contributed by atoms with E-state index in [-0.39, 0.29) is 12.8 Å². The van der Waals surface area contributed by atoms with Crippen molar-refractivity contribution in [3.05, 3.63) is 12.7 Å². The molecule has 114 valence electrons. The summed E-state index contributed by atoms with van der Waals surface area (Å²) in [6.07, 6.45) is -7.53. The molecule has 1 saturated carbocycles. The number of alkyl halides is 5. The maximum Gasteiger partial charge on any atom is 0.449 e. The van der Waals surface area contributed by atoms with Gasteiger partial charge in [-0.15, -0.1) is 0 Å². The van der Waals surface area contributed by atoms with Gasteiger partial charge in [-0.1, -0.05) is 6.58 Å². The van der Waals surface area contributed by atoms with Gasteiger partial charge in [-0.25, -0.2) is 4.79 Å². The highest BCUT2D eigenvalue weighted by Gasteiger charge is 2.87. The van der Waals surface area contributed by atoms with Crippen molar-refractivity contribution in [2.75, 3.05) is 0 Å². The lowest BCUT2D eigenvalue weighted by Crippen LogP contribution is -2.64. The molecule has 3 atom stereocenters. The Hall–Kier alpha value is -1.22. The number of carbonyl (C=O) groups is 1. The molecule has 2 aliphatic rings. The first kappa shape index (κ1) is 15.2. The molecule has 1 aliphatic heterocycles. The number of halogens is 5. The molecule has 0 aromatic carbocycles. The lowest BCUT2D eigenvalue weighted by atomic mass is 9.89. The molecule has 0 spiro atoms. The van der Waals surface area contributed by atoms with Gasteiger partial charge in [-0.05, 0) is 19.3 Å². The summed E-state index contributed by atoms with van der Waals surface area (Å²) in [6, 6.07) is 0. The number of carbonyl (C=O) groups excluding carboxylic acids is 1. The van der Waals surface area contributed by atoms with Gasteiger partial charge in [-0.3, -0.25) is 0 Å². The average Bonchev–Trinajstić information content (AvgIpc) is 2.77. The smallest absolute Gasteiger partial charge is 0.446 e. The van der Waals surface area contributed by atoms with Gasteiger partial charge in [0.1, 0.15) is 6.10 Å². The summed E-state index contributed by atoms with van der Waals surface area (Å²) in [4.78, 5) is 11.2. The minimum atomic E-state index is -5.73. The quantitative estimate of drug-likeness (QED) is 0.481. The number of hydrogen-bond acceptors (Lipinski definition) is 4. The molecule has 0 bridgehead atoms. The van der Waals surface area contributed by atoms with Crippen LogP contribution in [-0.2, 0) is 14.3 Å². The first-order valence-electron chi connectivity index (χ1n) is 5.72. The van der Waals surface area contributed by atoms with Crippen LogP contribution in [0.3, 0.4) is 0 Å². The van der Waals surface area contributed by atoms with E-state index in [1.54, 1.807) is 0 Å². The molecule has 1 aliphatic carbocycles. The average molecular weight is 302 g/mol. The normalized spacial score (nSPS) is 39.4. The number of fused-ring (bicyclic) bond motifs is 1. The first-order valence-corrected chi connectivity index (χ1v) is 5.72. The van der Waals surface area contributed by atoms with Gasteiger partial charge in [0, 0.05) is 6.08 Å². The maximum absolute atomic E-state index is 14.2. The fraction of sp³-hybridized carbons (Fsp3) is 0.727. The van der Waals surface area contributed by atoms with Crippen molar-refractivity contribution >= 4 is 5.97 Å². The highest BCUT2D eigenvalue weighted by molar-refractivity contribution is 5.81. The summed E-state index contributed by atoms with van der Waals surface area (Å²) in [5, 5.41) is 9.30. The predicted octanol–water partition coefficient (Wildman–Crippen LogP) is 1.92. The molecule has 4 nitrogen and oxygen atoms in total. The molecule has 0 amide bonds. The largest absolute Gasteiger partial charge is 0.449 e. The number of ether oxygens (including phenoxy) is 2. The van der Waals surface area contributed by atoms with Crippen LogP contribution in [0.5, 0.6) is 0 Å². The summed E-state index contributed by atoms with van der Waals surface area (Å²) >= 11 is 0. The summed E-state index contributed by atoms with van der Waals surface area (Å²) in [7, 11) is 0. The minimum absolute atomic E-state index is 0.0820. The zero-order chi connectivity index (χ0) is 15.4. The highest BCUT2D eigenvalue weighted by Crippen LogP contribution is 2.61. The van der Waals surface area contributed by atoms with Crippen molar-refractivity contribution in [2.24, 2.45) is 0 Å². The third kappa shape index (κ3) is 1.62. The van der Waals surface area contributed by atoms with E-state index in [9.17, 15) is 31.9 Å². The second kappa shape index (κ2) is 4.14. The third-order valence-electron chi connectivity index (χ3n) is 3.64. The van der Waals surface area contributed by atoms with Crippen LogP contribution in [-0.4, -0.2) is 40.7 Å². The Bertz CT molecular complexity index is 449. The van der Waals surface area contributed by atoms with Crippen molar-refractivity contribution in [2.45, 2.75) is 48.9 Å². The molecule has 1 N–H and O–H groups in total. The molecule has 1 saturated heterocycles. The molecule has 9 heteroatoms. The van der Waals surface area contributed by atoms with Crippen LogP contribution in [0.4, 0.5) is 22.0 Å². The lowest BCUT2D eigenvalue weighted by Gasteiger charge is -2.36. The fourth-order valence-corrected chi connectivity index (χ4v) is 2.67. The van der Waals surface area contributed by atoms with Gasteiger partial charge in [0.15, 0.2) is 0 Å². The number of rotatable bonds is 2. The van der Waals surface area contributed by atoms with Crippen LogP contribution in [0.25, 0.3) is 0 Å². The molecule has 3 unspecified atom stereocenters. The molecule has 2 rings (SSSR count). The van der Waals surface area contributed by atoms with Crippen LogP contribution >= 0.6 is 0 Å². The summed E-state index contributed by atoms with van der Waals surface area (Å²) in [6.45, 7) is 3.00. The van der Waals surface area contributed by atoms with Crippen molar-refractivity contribution in [3.8, 4) is 0 Å². The van der Waals surface area contributed by atoms with Crippen molar-refractivity contribution < 1.29 is 41.3 Å². The van der Waals surface area contributed by atoms with Crippen molar-refractivity contribution in [3.63, 3.8) is 0 Å². The Labute approximate surface area is 110 Å². The van der Waals surface area contributed by atoms with Crippen LogP contribution < -0.4 is 0 Å². The zero-order valence-electron chi connectivity index (χ0n) is 10.0. The second-order valence-electron chi connectivity index (χ2n) is 4.73. The maximum atomic E-state index is 14.2. The van der Waals surface area contributed by atoms with Crippen LogP contribution in [0, 0.1) is 0 Å². The molecule has 20 heavy (non-hydrogen) atoms. The Morgan fingerprint density at radius 2 is 2.05 bits per heavy atom. The van der Waals surface area contributed by atoms with E-state index >= 15 is 0 Å². The summed E-state index contributed by atoms with van der Waals surface area (Å²) in [5.74, 6) is -10.8. The topological polar surface area (TPSA) is 55.8 Å². The number of esters is 1. The Kier molecular flexibility index (Phi) is 3.14. The van der Waals surface area contributed by atoms with E-state index in [4.69, 9.17) is 0 Å². The van der Waals surface area contributed by atoms with E-state index in [2.05, 4.69) is 16.1 Å². The molecule has 0 aromatic rings. The standard InChI is InChI=1S/C11H11F5O4/c1-2-7(17)20-8-5-3-4-6(8)19-10(18,9(8,12)13)11(14,15)16/h2,6,18H,1,3-5H2.